The van der Waals surface area contributed by atoms with E-state index in [0.717, 1.165) is 0 Å². The van der Waals surface area contributed by atoms with Crippen LogP contribution in [-0.2, 0) is 4.74 Å². The minimum absolute atomic E-state index is 0. The number of carbonyl (C=O) groups is 1. The van der Waals surface area contributed by atoms with Gasteiger partial charge in [0.25, 0.3) is 0 Å². The number of carbonyl (C=O) groups excluding carboxylic acids is 1. The van der Waals surface area contributed by atoms with E-state index in [-0.39, 0.29) is 30.9 Å². The van der Waals surface area contributed by atoms with E-state index in [9.17, 15) is 4.79 Å². The first-order valence-electron chi connectivity index (χ1n) is 3.06. The highest BCUT2D eigenvalue weighted by Crippen LogP contribution is 2.15. The highest BCUT2D eigenvalue weighted by Gasteiger charge is 2.13. The summed E-state index contributed by atoms with van der Waals surface area (Å²) in [5.74, 6) is 0.679. The molecule has 0 aromatic rings. The summed E-state index contributed by atoms with van der Waals surface area (Å²) in [7, 11) is 0. The normalized spacial score (nSPS) is 13.2. The molecular weight excluding hydrogens is 221 g/mol. The maximum Gasteiger partial charge on any atom is 0.414 e. The predicted octanol–water partition coefficient (Wildman–Crippen LogP) is 2.46. The van der Waals surface area contributed by atoms with Gasteiger partial charge in [0.1, 0.15) is 0 Å². The second-order valence-corrected chi connectivity index (χ2v) is 2.61. The van der Waals surface area contributed by atoms with Gasteiger partial charge in [-0.3, -0.25) is 4.90 Å². The van der Waals surface area contributed by atoms with E-state index < -0.39 is 0 Å². The van der Waals surface area contributed by atoms with E-state index in [0.29, 0.717) is 12.5 Å². The molecule has 0 spiro atoms. The molecule has 0 atom stereocenters. The molecule has 1 heterocycles. The predicted molar refractivity (Wildman–Crippen MR) is 55.0 cm³/mol. The van der Waals surface area contributed by atoms with E-state index in [1.54, 1.807) is 24.9 Å². The van der Waals surface area contributed by atoms with Gasteiger partial charge in [-0.2, -0.15) is 0 Å². The van der Waals surface area contributed by atoms with Crippen molar-refractivity contribution in [3.63, 3.8) is 0 Å². The first-order chi connectivity index (χ1) is 4.84. The Morgan fingerprint density at radius 2 is 2.33 bits per heavy atom. The molecule has 0 N–H and O–H groups in total. The minimum atomic E-state index is -0.260. The Balaban J connectivity index is 0. The molecule has 1 rings (SSSR count). The molecule has 1 aliphatic rings. The molecule has 12 heavy (non-hydrogen) atoms. The van der Waals surface area contributed by atoms with Crippen molar-refractivity contribution in [2.75, 3.05) is 12.5 Å². The molecule has 0 aromatic carbocycles. The van der Waals surface area contributed by atoms with Crippen LogP contribution in [0.25, 0.3) is 0 Å². The fourth-order valence-corrected chi connectivity index (χ4v) is 1.27. The number of hydrogen-bond acceptors (Lipinski definition) is 3. The van der Waals surface area contributed by atoms with Crippen molar-refractivity contribution in [1.82, 2.24) is 4.90 Å². The third-order valence-corrected chi connectivity index (χ3v) is 1.79. The van der Waals surface area contributed by atoms with E-state index in [1.165, 1.54) is 4.90 Å². The van der Waals surface area contributed by atoms with Crippen LogP contribution in [0.5, 0.6) is 0 Å². The van der Waals surface area contributed by atoms with Crippen molar-refractivity contribution in [2.45, 2.75) is 6.92 Å². The molecule has 0 aromatic heterocycles. The number of halogens is 2. The first-order valence-corrected chi connectivity index (χ1v) is 4.11. The van der Waals surface area contributed by atoms with Crippen LogP contribution in [0.2, 0.25) is 0 Å². The van der Waals surface area contributed by atoms with Gasteiger partial charge in [-0.25, -0.2) is 4.79 Å². The van der Waals surface area contributed by atoms with Crippen molar-refractivity contribution in [3.8, 4) is 0 Å². The zero-order valence-corrected chi connectivity index (χ0v) is 9.01. The van der Waals surface area contributed by atoms with Gasteiger partial charge >= 0.3 is 6.09 Å². The van der Waals surface area contributed by atoms with E-state index >= 15 is 0 Å². The zero-order valence-electron chi connectivity index (χ0n) is 6.56. The van der Waals surface area contributed by atoms with Crippen molar-refractivity contribution in [2.24, 2.45) is 0 Å². The van der Waals surface area contributed by atoms with Gasteiger partial charge in [0.15, 0.2) is 0 Å². The lowest BCUT2D eigenvalue weighted by Crippen LogP contribution is -2.23. The Morgan fingerprint density at radius 3 is 2.75 bits per heavy atom. The highest BCUT2D eigenvalue weighted by atomic mass is 35.5. The Hall–Kier alpha value is -0.0600. The molecule has 0 radical (unpaired) electrons. The standard InChI is InChI=1S/C6H9NO2S.2ClH/c1-2-9-6(8)7-3-4-10-5-7;;/h3-4H,2,5H2,1H3;2*1H. The van der Waals surface area contributed by atoms with E-state index in [2.05, 4.69) is 0 Å². The summed E-state index contributed by atoms with van der Waals surface area (Å²) < 4.78 is 4.75. The number of ether oxygens (including phenoxy) is 1. The number of thioether (sulfide) groups is 1. The molecular formula is C6H11Cl2NO2S. The third kappa shape index (κ3) is 4.09. The molecule has 1 amide bonds. The van der Waals surface area contributed by atoms with E-state index in [4.69, 9.17) is 4.74 Å². The van der Waals surface area contributed by atoms with Crippen LogP contribution in [0, 0.1) is 0 Å². The molecule has 72 valence electrons. The number of nitrogens with zero attached hydrogens (tertiary/aromatic N) is 1. The number of hydrogen-bond donors (Lipinski definition) is 0. The molecule has 1 aliphatic heterocycles. The number of rotatable bonds is 1. The second-order valence-electron chi connectivity index (χ2n) is 1.75. The van der Waals surface area contributed by atoms with Crippen LogP contribution in [0.3, 0.4) is 0 Å². The third-order valence-electron chi connectivity index (χ3n) is 1.05. The van der Waals surface area contributed by atoms with Gasteiger partial charge in [-0.05, 0) is 12.3 Å². The van der Waals surface area contributed by atoms with Crippen molar-refractivity contribution < 1.29 is 9.53 Å². The Kier molecular flexibility index (Phi) is 9.14. The lowest BCUT2D eigenvalue weighted by molar-refractivity contribution is 0.128. The summed E-state index contributed by atoms with van der Waals surface area (Å²) in [4.78, 5) is 12.4. The van der Waals surface area contributed by atoms with Crippen LogP contribution < -0.4 is 0 Å². The number of amides is 1. The molecule has 0 saturated carbocycles. The van der Waals surface area contributed by atoms with Crippen molar-refractivity contribution in [3.05, 3.63) is 11.6 Å². The highest BCUT2D eigenvalue weighted by molar-refractivity contribution is 8.02. The lowest BCUT2D eigenvalue weighted by Gasteiger charge is -2.10. The minimum Gasteiger partial charge on any atom is -0.449 e. The van der Waals surface area contributed by atoms with Gasteiger partial charge in [0.05, 0.1) is 12.5 Å². The van der Waals surface area contributed by atoms with Crippen LogP contribution in [-0.4, -0.2) is 23.5 Å². The lowest BCUT2D eigenvalue weighted by atomic mass is 10.8. The van der Waals surface area contributed by atoms with Gasteiger partial charge in [-0.1, -0.05) is 0 Å². The summed E-state index contributed by atoms with van der Waals surface area (Å²) in [6.45, 7) is 2.23. The molecule has 0 unspecified atom stereocenters. The Morgan fingerprint density at radius 1 is 1.67 bits per heavy atom. The van der Waals surface area contributed by atoms with Crippen LogP contribution in [0.15, 0.2) is 11.6 Å². The quantitative estimate of drug-likeness (QED) is 0.695. The maximum atomic E-state index is 10.9. The smallest absolute Gasteiger partial charge is 0.414 e. The SMILES string of the molecule is CCOC(=O)N1C=CSC1.Cl.Cl. The monoisotopic (exact) mass is 231 g/mol. The Bertz CT molecular complexity index is 166. The molecule has 0 saturated heterocycles. The summed E-state index contributed by atoms with van der Waals surface area (Å²) in [5, 5.41) is 1.87. The summed E-state index contributed by atoms with van der Waals surface area (Å²) in [6.07, 6.45) is 1.46. The van der Waals surface area contributed by atoms with Gasteiger partial charge in [0, 0.05) is 6.20 Å². The van der Waals surface area contributed by atoms with Crippen molar-refractivity contribution >= 4 is 42.7 Å². The fourth-order valence-electron chi connectivity index (χ4n) is 0.603. The average molecular weight is 232 g/mol. The molecule has 6 heteroatoms. The van der Waals surface area contributed by atoms with E-state index in [1.807, 2.05) is 5.41 Å². The largest absolute Gasteiger partial charge is 0.449 e. The molecule has 3 nitrogen and oxygen atoms in total. The van der Waals surface area contributed by atoms with Gasteiger partial charge < -0.3 is 4.74 Å². The van der Waals surface area contributed by atoms with Crippen LogP contribution >= 0.6 is 36.6 Å². The van der Waals surface area contributed by atoms with Crippen LogP contribution in [0.4, 0.5) is 4.79 Å². The van der Waals surface area contributed by atoms with Crippen molar-refractivity contribution in [1.29, 1.82) is 0 Å². The fraction of sp³-hybridized carbons (Fsp3) is 0.500. The van der Waals surface area contributed by atoms with Crippen LogP contribution in [0.1, 0.15) is 6.92 Å². The average Bonchev–Trinajstić information content (AvgIpc) is 2.38. The van der Waals surface area contributed by atoms with Gasteiger partial charge in [0.2, 0.25) is 0 Å². The second kappa shape index (κ2) is 7.58. The first kappa shape index (κ1) is 14.5. The zero-order chi connectivity index (χ0) is 7.40. The Labute approximate surface area is 88.3 Å². The summed E-state index contributed by atoms with van der Waals surface area (Å²) in [6, 6.07) is 0. The molecule has 0 fully saturated rings. The topological polar surface area (TPSA) is 29.5 Å². The van der Waals surface area contributed by atoms with Gasteiger partial charge in [-0.15, -0.1) is 36.6 Å². The molecule has 0 aliphatic carbocycles. The molecule has 0 bridgehead atoms. The maximum absolute atomic E-state index is 10.9. The summed E-state index contributed by atoms with van der Waals surface area (Å²) in [5.41, 5.74) is 0. The summed E-state index contributed by atoms with van der Waals surface area (Å²) >= 11 is 1.58.